The normalized spacial score (nSPS) is 25.3. The summed E-state index contributed by atoms with van der Waals surface area (Å²) in [7, 11) is 1.69. The molecule has 3 rings (SSSR count). The predicted octanol–water partition coefficient (Wildman–Crippen LogP) is 1.62. The van der Waals surface area contributed by atoms with Gasteiger partial charge in [-0.05, 0) is 32.2 Å². The summed E-state index contributed by atoms with van der Waals surface area (Å²) in [6.07, 6.45) is 5.37. The van der Waals surface area contributed by atoms with Gasteiger partial charge < -0.3 is 14.0 Å². The fourth-order valence-corrected chi connectivity index (χ4v) is 3.32. The molecule has 2 saturated heterocycles. The summed E-state index contributed by atoms with van der Waals surface area (Å²) in [6.45, 7) is 4.65. The third kappa shape index (κ3) is 3.81. The van der Waals surface area contributed by atoms with Gasteiger partial charge in [0.2, 0.25) is 5.89 Å². The average molecular weight is 295 g/mol. The van der Waals surface area contributed by atoms with Crippen LogP contribution in [0.3, 0.4) is 0 Å². The molecule has 0 amide bonds. The number of rotatable bonds is 5. The molecule has 1 aromatic rings. The highest BCUT2D eigenvalue weighted by Gasteiger charge is 2.30. The monoisotopic (exact) mass is 295 g/mol. The maximum Gasteiger partial charge on any atom is 0.231 e. The first kappa shape index (κ1) is 14.9. The molecule has 3 heterocycles. The SMILES string of the molecule is COCCc1noc(C2CCCN(C3CCOCC3)C2)n1. The highest BCUT2D eigenvalue weighted by Crippen LogP contribution is 2.29. The van der Waals surface area contributed by atoms with Gasteiger partial charge in [0.1, 0.15) is 0 Å². The predicted molar refractivity (Wildman–Crippen MR) is 77.3 cm³/mol. The quantitative estimate of drug-likeness (QED) is 0.822. The van der Waals surface area contributed by atoms with Gasteiger partial charge in [0, 0.05) is 39.3 Å². The van der Waals surface area contributed by atoms with Crippen molar-refractivity contribution in [2.45, 2.75) is 44.1 Å². The number of piperidine rings is 1. The van der Waals surface area contributed by atoms with E-state index in [-0.39, 0.29) is 0 Å². The van der Waals surface area contributed by atoms with Crippen molar-refractivity contribution in [3.63, 3.8) is 0 Å². The van der Waals surface area contributed by atoms with Gasteiger partial charge in [0.25, 0.3) is 0 Å². The third-order valence-electron chi connectivity index (χ3n) is 4.52. The van der Waals surface area contributed by atoms with Crippen LogP contribution in [0.4, 0.5) is 0 Å². The van der Waals surface area contributed by atoms with E-state index in [0.29, 0.717) is 18.6 Å². The molecule has 0 spiro atoms. The molecule has 0 aliphatic carbocycles. The highest BCUT2D eigenvalue weighted by molar-refractivity contribution is 4.98. The van der Waals surface area contributed by atoms with Gasteiger partial charge in [-0.2, -0.15) is 4.98 Å². The second-order valence-corrected chi connectivity index (χ2v) is 5.97. The van der Waals surface area contributed by atoms with Gasteiger partial charge in [-0.1, -0.05) is 5.16 Å². The van der Waals surface area contributed by atoms with Crippen molar-refractivity contribution in [3.8, 4) is 0 Å². The molecule has 1 unspecified atom stereocenters. The van der Waals surface area contributed by atoms with Crippen LogP contribution < -0.4 is 0 Å². The van der Waals surface area contributed by atoms with Crippen LogP contribution in [0.2, 0.25) is 0 Å². The molecule has 6 nitrogen and oxygen atoms in total. The molecule has 118 valence electrons. The van der Waals surface area contributed by atoms with E-state index >= 15 is 0 Å². The highest BCUT2D eigenvalue weighted by atomic mass is 16.5. The van der Waals surface area contributed by atoms with Gasteiger partial charge in [-0.3, -0.25) is 4.90 Å². The molecule has 2 aliphatic heterocycles. The summed E-state index contributed by atoms with van der Waals surface area (Å²) in [4.78, 5) is 7.13. The Morgan fingerprint density at radius 3 is 2.95 bits per heavy atom. The lowest BCUT2D eigenvalue weighted by Crippen LogP contribution is -2.44. The Hall–Kier alpha value is -0.980. The van der Waals surface area contributed by atoms with Crippen LogP contribution in [0.15, 0.2) is 4.52 Å². The Balaban J connectivity index is 1.58. The zero-order chi connectivity index (χ0) is 14.5. The summed E-state index contributed by atoms with van der Waals surface area (Å²) in [5.41, 5.74) is 0. The molecule has 21 heavy (non-hydrogen) atoms. The minimum Gasteiger partial charge on any atom is -0.384 e. The van der Waals surface area contributed by atoms with Gasteiger partial charge in [-0.25, -0.2) is 0 Å². The van der Waals surface area contributed by atoms with Crippen LogP contribution >= 0.6 is 0 Å². The molecule has 0 bridgehead atoms. The first-order valence-corrected chi connectivity index (χ1v) is 8.00. The molecule has 1 aromatic heterocycles. The fraction of sp³-hybridized carbons (Fsp3) is 0.867. The molecule has 1 atom stereocenters. The number of hydrogen-bond donors (Lipinski definition) is 0. The average Bonchev–Trinajstić information content (AvgIpc) is 3.03. The topological polar surface area (TPSA) is 60.6 Å². The van der Waals surface area contributed by atoms with Crippen molar-refractivity contribution >= 4 is 0 Å². The molecule has 0 radical (unpaired) electrons. The molecule has 2 fully saturated rings. The van der Waals surface area contributed by atoms with Gasteiger partial charge in [0.05, 0.1) is 12.5 Å². The van der Waals surface area contributed by atoms with E-state index in [9.17, 15) is 0 Å². The van der Waals surface area contributed by atoms with Crippen molar-refractivity contribution in [3.05, 3.63) is 11.7 Å². The summed E-state index contributed by atoms with van der Waals surface area (Å²) in [5, 5.41) is 4.06. The lowest BCUT2D eigenvalue weighted by atomic mass is 9.95. The number of nitrogens with zero attached hydrogens (tertiary/aromatic N) is 3. The Morgan fingerprint density at radius 1 is 1.29 bits per heavy atom. The number of likely N-dealkylation sites (tertiary alicyclic amines) is 1. The van der Waals surface area contributed by atoms with Crippen LogP contribution in [0.1, 0.15) is 43.3 Å². The zero-order valence-electron chi connectivity index (χ0n) is 12.8. The second-order valence-electron chi connectivity index (χ2n) is 5.97. The molecule has 2 aliphatic rings. The van der Waals surface area contributed by atoms with E-state index < -0.39 is 0 Å². The molecular weight excluding hydrogens is 270 g/mol. The number of hydrogen-bond acceptors (Lipinski definition) is 6. The summed E-state index contributed by atoms with van der Waals surface area (Å²) >= 11 is 0. The third-order valence-corrected chi connectivity index (χ3v) is 4.52. The van der Waals surface area contributed by atoms with Crippen LogP contribution in [-0.2, 0) is 15.9 Å². The Bertz CT molecular complexity index is 432. The van der Waals surface area contributed by atoms with E-state index in [1.165, 1.54) is 13.0 Å². The van der Waals surface area contributed by atoms with Crippen LogP contribution in [0.25, 0.3) is 0 Å². The lowest BCUT2D eigenvalue weighted by molar-refractivity contribution is 0.0221. The molecule has 0 aromatic carbocycles. The maximum absolute atomic E-state index is 5.47. The Morgan fingerprint density at radius 2 is 2.14 bits per heavy atom. The largest absolute Gasteiger partial charge is 0.384 e. The minimum absolute atomic E-state index is 0.380. The minimum atomic E-state index is 0.380. The standard InChI is InChI=1S/C15H25N3O3/c1-19-8-6-14-16-15(21-17-14)12-3-2-7-18(11-12)13-4-9-20-10-5-13/h12-13H,2-11H2,1H3. The van der Waals surface area contributed by atoms with Crippen molar-refractivity contribution in [1.29, 1.82) is 0 Å². The van der Waals surface area contributed by atoms with E-state index in [0.717, 1.165) is 57.2 Å². The first-order valence-electron chi connectivity index (χ1n) is 8.00. The maximum atomic E-state index is 5.47. The molecule has 6 heteroatoms. The molecule has 0 saturated carbocycles. The van der Waals surface area contributed by atoms with Gasteiger partial charge in [-0.15, -0.1) is 0 Å². The van der Waals surface area contributed by atoms with E-state index in [4.69, 9.17) is 14.0 Å². The smallest absolute Gasteiger partial charge is 0.231 e. The fourth-order valence-electron chi connectivity index (χ4n) is 3.32. The van der Waals surface area contributed by atoms with Crippen molar-refractivity contribution in [1.82, 2.24) is 15.0 Å². The molecular formula is C15H25N3O3. The Labute approximate surface area is 125 Å². The van der Waals surface area contributed by atoms with Gasteiger partial charge in [0.15, 0.2) is 5.82 Å². The van der Waals surface area contributed by atoms with E-state index in [1.54, 1.807) is 7.11 Å². The van der Waals surface area contributed by atoms with E-state index in [2.05, 4.69) is 15.0 Å². The van der Waals surface area contributed by atoms with Crippen molar-refractivity contribution in [2.75, 3.05) is 40.0 Å². The Kier molecular flexibility index (Phi) is 5.22. The lowest BCUT2D eigenvalue weighted by Gasteiger charge is -2.38. The van der Waals surface area contributed by atoms with Crippen LogP contribution in [-0.4, -0.2) is 61.1 Å². The van der Waals surface area contributed by atoms with Crippen LogP contribution in [0.5, 0.6) is 0 Å². The van der Waals surface area contributed by atoms with Crippen LogP contribution in [0, 0.1) is 0 Å². The molecule has 0 N–H and O–H groups in total. The second kappa shape index (κ2) is 7.33. The van der Waals surface area contributed by atoms with E-state index in [1.807, 2.05) is 0 Å². The summed E-state index contributed by atoms with van der Waals surface area (Å²) < 4.78 is 16.0. The number of ether oxygens (including phenoxy) is 2. The summed E-state index contributed by atoms with van der Waals surface area (Å²) in [6, 6.07) is 0.664. The van der Waals surface area contributed by atoms with Crippen molar-refractivity contribution in [2.24, 2.45) is 0 Å². The summed E-state index contributed by atoms with van der Waals surface area (Å²) in [5.74, 6) is 1.94. The van der Waals surface area contributed by atoms with Crippen molar-refractivity contribution < 1.29 is 14.0 Å². The first-order chi connectivity index (χ1) is 10.4. The van der Waals surface area contributed by atoms with Gasteiger partial charge >= 0.3 is 0 Å². The zero-order valence-corrected chi connectivity index (χ0v) is 12.8. The number of methoxy groups -OCH3 is 1. The number of aromatic nitrogens is 2.